The van der Waals surface area contributed by atoms with Gasteiger partial charge in [0.15, 0.2) is 5.75 Å². The number of methoxy groups -OCH3 is 1. The Hall–Kier alpha value is -2.11. The van der Waals surface area contributed by atoms with Gasteiger partial charge in [0.25, 0.3) is 0 Å². The highest BCUT2D eigenvalue weighted by molar-refractivity contribution is 6.02. The lowest BCUT2D eigenvalue weighted by Crippen LogP contribution is -2.18. The number of carbonyl (C=O) groups excluding carboxylic acids is 2. The Balaban J connectivity index is 2.06. The number of nitrogens with one attached hydrogen (secondary N) is 1. The van der Waals surface area contributed by atoms with Crippen LogP contribution in [0.5, 0.6) is 5.75 Å². The van der Waals surface area contributed by atoms with E-state index in [1.54, 1.807) is 12.3 Å². The number of aryl methyl sites for hydroxylation is 1. The predicted octanol–water partition coefficient (Wildman–Crippen LogP) is 1.43. The maximum absolute atomic E-state index is 11.7. The molecule has 1 aromatic rings. The zero-order valence-electron chi connectivity index (χ0n) is 10.9. The van der Waals surface area contributed by atoms with Crippen molar-refractivity contribution in [3.63, 3.8) is 0 Å². The third-order valence-electron chi connectivity index (χ3n) is 2.63. The molecule has 0 unspecified atom stereocenters. The molecule has 1 aliphatic rings. The van der Waals surface area contributed by atoms with Gasteiger partial charge < -0.3 is 14.8 Å². The number of aromatic nitrogens is 1. The van der Waals surface area contributed by atoms with Crippen molar-refractivity contribution in [3.05, 3.63) is 18.0 Å². The van der Waals surface area contributed by atoms with Crippen LogP contribution in [0.4, 0.5) is 5.69 Å². The molecule has 1 heterocycles. The van der Waals surface area contributed by atoms with Crippen molar-refractivity contribution < 1.29 is 19.1 Å². The second-order valence-corrected chi connectivity index (χ2v) is 4.44. The molecule has 6 heteroatoms. The minimum atomic E-state index is -0.576. The van der Waals surface area contributed by atoms with Crippen LogP contribution in [-0.4, -0.2) is 30.1 Å². The molecule has 1 N–H and O–H groups in total. The molecule has 0 atom stereocenters. The maximum Gasteiger partial charge on any atom is 0.315 e. The number of anilines is 1. The normalized spacial score (nSPS) is 13.8. The van der Waals surface area contributed by atoms with E-state index in [0.29, 0.717) is 11.4 Å². The number of nitrogens with zero attached hydrogens (tertiary/aromatic N) is 1. The number of rotatable bonds is 5. The molecule has 1 aromatic heterocycles. The van der Waals surface area contributed by atoms with Crippen LogP contribution >= 0.6 is 0 Å². The summed E-state index contributed by atoms with van der Waals surface area (Å²) in [6.45, 7) is 1.82. The molecular weight excluding hydrogens is 248 g/mol. The van der Waals surface area contributed by atoms with Gasteiger partial charge in [0.1, 0.15) is 6.42 Å². The highest BCUT2D eigenvalue weighted by Gasteiger charge is 2.25. The van der Waals surface area contributed by atoms with Crippen LogP contribution in [-0.2, 0) is 14.3 Å². The van der Waals surface area contributed by atoms with Gasteiger partial charge in [0.2, 0.25) is 5.91 Å². The molecule has 0 saturated heterocycles. The lowest BCUT2D eigenvalue weighted by molar-refractivity contribution is -0.142. The lowest BCUT2D eigenvalue weighted by Gasteiger charge is -2.12. The third-order valence-corrected chi connectivity index (χ3v) is 2.63. The van der Waals surface area contributed by atoms with Crippen LogP contribution in [0.15, 0.2) is 12.3 Å². The summed E-state index contributed by atoms with van der Waals surface area (Å²) < 4.78 is 10.1. The number of ether oxygens (including phenoxy) is 2. The summed E-state index contributed by atoms with van der Waals surface area (Å²) in [5.74, 6) is -0.475. The lowest BCUT2D eigenvalue weighted by atomic mass is 10.3. The topological polar surface area (TPSA) is 77.5 Å². The number of pyridine rings is 1. The summed E-state index contributed by atoms with van der Waals surface area (Å²) in [5, 5.41) is 2.64. The Bertz CT molecular complexity index is 497. The number of amides is 1. The number of esters is 1. The van der Waals surface area contributed by atoms with Crippen LogP contribution in [0.3, 0.4) is 0 Å². The van der Waals surface area contributed by atoms with Crippen molar-refractivity contribution in [1.29, 1.82) is 0 Å². The first-order chi connectivity index (χ1) is 9.08. The van der Waals surface area contributed by atoms with Gasteiger partial charge in [-0.1, -0.05) is 0 Å². The summed E-state index contributed by atoms with van der Waals surface area (Å²) in [6, 6.07) is 1.72. The third kappa shape index (κ3) is 3.94. The van der Waals surface area contributed by atoms with E-state index in [1.165, 1.54) is 7.11 Å². The Kier molecular flexibility index (Phi) is 3.99. The van der Waals surface area contributed by atoms with Gasteiger partial charge in [-0.15, -0.1) is 0 Å². The molecule has 0 radical (unpaired) electrons. The van der Waals surface area contributed by atoms with Gasteiger partial charge in [-0.3, -0.25) is 14.6 Å². The van der Waals surface area contributed by atoms with Crippen LogP contribution in [0, 0.1) is 6.92 Å². The molecule has 0 spiro atoms. The van der Waals surface area contributed by atoms with Gasteiger partial charge in [-0.25, -0.2) is 0 Å². The van der Waals surface area contributed by atoms with Crippen LogP contribution < -0.4 is 10.1 Å². The molecule has 6 nitrogen and oxygen atoms in total. The first kappa shape index (κ1) is 13.3. The molecule has 0 aromatic carbocycles. The summed E-state index contributed by atoms with van der Waals surface area (Å²) in [6.07, 6.45) is 3.51. The highest BCUT2D eigenvalue weighted by Crippen LogP contribution is 2.31. The number of carbonyl (C=O) groups is 2. The summed E-state index contributed by atoms with van der Waals surface area (Å²) >= 11 is 0. The molecule has 1 fully saturated rings. The van der Waals surface area contributed by atoms with E-state index in [9.17, 15) is 9.59 Å². The fourth-order valence-corrected chi connectivity index (χ4v) is 1.50. The van der Waals surface area contributed by atoms with E-state index >= 15 is 0 Å². The van der Waals surface area contributed by atoms with Gasteiger partial charge in [-0.2, -0.15) is 0 Å². The van der Waals surface area contributed by atoms with Gasteiger partial charge in [-0.05, 0) is 25.8 Å². The Morgan fingerprint density at radius 1 is 1.47 bits per heavy atom. The zero-order valence-corrected chi connectivity index (χ0v) is 10.9. The van der Waals surface area contributed by atoms with Crippen molar-refractivity contribution >= 4 is 17.6 Å². The molecule has 0 bridgehead atoms. The van der Waals surface area contributed by atoms with E-state index in [-0.39, 0.29) is 12.5 Å². The van der Waals surface area contributed by atoms with E-state index < -0.39 is 11.9 Å². The second kappa shape index (κ2) is 5.69. The second-order valence-electron chi connectivity index (χ2n) is 4.44. The molecule has 1 amide bonds. The summed E-state index contributed by atoms with van der Waals surface area (Å²) in [5.41, 5.74) is 1.30. The Morgan fingerprint density at radius 3 is 2.84 bits per heavy atom. The molecule has 1 aliphatic carbocycles. The van der Waals surface area contributed by atoms with E-state index in [1.807, 2.05) is 6.92 Å². The van der Waals surface area contributed by atoms with Gasteiger partial charge in [0.05, 0.1) is 25.1 Å². The molecule has 0 aliphatic heterocycles. The van der Waals surface area contributed by atoms with E-state index in [2.05, 4.69) is 15.0 Å². The first-order valence-corrected chi connectivity index (χ1v) is 6.08. The van der Waals surface area contributed by atoms with E-state index in [4.69, 9.17) is 4.74 Å². The van der Waals surface area contributed by atoms with E-state index in [0.717, 1.165) is 18.5 Å². The summed E-state index contributed by atoms with van der Waals surface area (Å²) in [4.78, 5) is 26.8. The molecule has 2 rings (SSSR count). The van der Waals surface area contributed by atoms with Crippen LogP contribution in [0.25, 0.3) is 0 Å². The van der Waals surface area contributed by atoms with Crippen molar-refractivity contribution in [3.8, 4) is 5.75 Å². The Morgan fingerprint density at radius 2 is 2.21 bits per heavy atom. The van der Waals surface area contributed by atoms with Crippen molar-refractivity contribution in [2.24, 2.45) is 0 Å². The largest absolute Gasteiger partial charge is 0.487 e. The van der Waals surface area contributed by atoms with Crippen molar-refractivity contribution in [2.75, 3.05) is 12.4 Å². The smallest absolute Gasteiger partial charge is 0.315 e. The van der Waals surface area contributed by atoms with Crippen molar-refractivity contribution in [1.82, 2.24) is 4.98 Å². The predicted molar refractivity (Wildman–Crippen MR) is 67.9 cm³/mol. The first-order valence-electron chi connectivity index (χ1n) is 6.08. The molecule has 1 saturated carbocycles. The van der Waals surface area contributed by atoms with Gasteiger partial charge in [0, 0.05) is 5.69 Å². The fraction of sp³-hybridized carbons (Fsp3) is 0.462. The quantitative estimate of drug-likeness (QED) is 0.643. The SMILES string of the molecule is COC(=O)CC(=O)Nc1cc(C)ncc1OC1CC1. The van der Waals surface area contributed by atoms with Gasteiger partial charge >= 0.3 is 5.97 Å². The Labute approximate surface area is 111 Å². The highest BCUT2D eigenvalue weighted by atomic mass is 16.5. The number of hydrogen-bond donors (Lipinski definition) is 1. The molecule has 102 valence electrons. The fourth-order valence-electron chi connectivity index (χ4n) is 1.50. The average Bonchev–Trinajstić information content (AvgIpc) is 3.16. The average molecular weight is 264 g/mol. The van der Waals surface area contributed by atoms with Crippen LogP contribution in [0.2, 0.25) is 0 Å². The standard InChI is InChI=1S/C13H16N2O4/c1-8-5-10(15-12(16)6-13(17)18-2)11(7-14-8)19-9-3-4-9/h5,7,9H,3-4,6H2,1-2H3,(H,14,15,16). The molecular formula is C13H16N2O4. The summed E-state index contributed by atoms with van der Waals surface area (Å²) in [7, 11) is 1.24. The monoisotopic (exact) mass is 264 g/mol. The number of hydrogen-bond acceptors (Lipinski definition) is 5. The van der Waals surface area contributed by atoms with Crippen molar-refractivity contribution in [2.45, 2.75) is 32.3 Å². The minimum Gasteiger partial charge on any atom is -0.487 e. The van der Waals surface area contributed by atoms with Crippen LogP contribution in [0.1, 0.15) is 25.0 Å². The minimum absolute atomic E-state index is 0.209. The molecule has 19 heavy (non-hydrogen) atoms. The maximum atomic E-state index is 11.7. The zero-order chi connectivity index (χ0) is 13.8.